The molecule has 1 unspecified atom stereocenters. The molecule has 0 radical (unpaired) electrons. The largest absolute Gasteiger partial charge is 0.387 e. The zero-order valence-corrected chi connectivity index (χ0v) is 12.6. The quantitative estimate of drug-likeness (QED) is 0.660. The van der Waals surface area contributed by atoms with Gasteiger partial charge in [-0.25, -0.2) is 0 Å². The number of non-ortho nitro benzene ring substituents is 1. The molecule has 0 bridgehead atoms. The van der Waals surface area contributed by atoms with Gasteiger partial charge in [0.25, 0.3) is 11.6 Å². The number of nitrogens with zero attached hydrogens (tertiary/aromatic N) is 1. The Balaban J connectivity index is 2.25. The molecule has 0 saturated heterocycles. The number of nitro benzene ring substituents is 1. The highest BCUT2D eigenvalue weighted by atomic mass is 16.6. The van der Waals surface area contributed by atoms with E-state index in [2.05, 4.69) is 24.5 Å². The molecule has 2 rings (SSSR count). The van der Waals surface area contributed by atoms with Gasteiger partial charge in [-0.2, -0.15) is 0 Å². The lowest BCUT2D eigenvalue weighted by Crippen LogP contribution is -2.41. The first-order valence-electron chi connectivity index (χ1n) is 7.12. The van der Waals surface area contributed by atoms with Gasteiger partial charge >= 0.3 is 0 Å². The molecule has 1 atom stereocenters. The molecule has 1 saturated carbocycles. The molecule has 1 fully saturated rings. The highest BCUT2D eigenvalue weighted by molar-refractivity contribution is 6.00. The van der Waals surface area contributed by atoms with Crippen LogP contribution in [-0.2, 0) is 0 Å². The Morgan fingerprint density at radius 1 is 1.43 bits per heavy atom. The van der Waals surface area contributed by atoms with Crippen LogP contribution >= 0.6 is 0 Å². The molecule has 1 aromatic rings. The van der Waals surface area contributed by atoms with Gasteiger partial charge in [0.05, 0.1) is 10.5 Å². The van der Waals surface area contributed by atoms with Crippen LogP contribution in [0.4, 0.5) is 11.4 Å². The maximum atomic E-state index is 12.5. The van der Waals surface area contributed by atoms with Crippen LogP contribution < -0.4 is 10.6 Å². The first kappa shape index (κ1) is 15.3. The molecule has 21 heavy (non-hydrogen) atoms. The summed E-state index contributed by atoms with van der Waals surface area (Å²) in [7, 11) is 1.69. The summed E-state index contributed by atoms with van der Waals surface area (Å²) in [6.45, 7) is 4.27. The van der Waals surface area contributed by atoms with E-state index in [-0.39, 0.29) is 23.1 Å². The number of benzene rings is 1. The first-order valence-corrected chi connectivity index (χ1v) is 7.12. The van der Waals surface area contributed by atoms with Crippen molar-refractivity contribution in [3.05, 3.63) is 33.9 Å². The summed E-state index contributed by atoms with van der Waals surface area (Å²) in [6.07, 6.45) is 3.11. The number of hydrogen-bond donors (Lipinski definition) is 2. The fourth-order valence-electron chi connectivity index (χ4n) is 2.88. The summed E-state index contributed by atoms with van der Waals surface area (Å²) in [4.78, 5) is 22.9. The molecule has 6 heteroatoms. The minimum absolute atomic E-state index is 0.0657. The Bertz CT molecular complexity index is 569. The summed E-state index contributed by atoms with van der Waals surface area (Å²) in [5.41, 5.74) is 0.893. The number of carbonyl (C=O) groups is 1. The Morgan fingerprint density at radius 3 is 2.67 bits per heavy atom. The molecule has 114 valence electrons. The van der Waals surface area contributed by atoms with Crippen molar-refractivity contribution in [3.8, 4) is 0 Å². The molecule has 2 N–H and O–H groups in total. The smallest absolute Gasteiger partial charge is 0.270 e. The standard InChI is InChI=1S/C15H21N3O3/c1-15(2)8-4-5-13(15)17-14(19)11-9-10(18(20)21)6-7-12(11)16-3/h6-7,9,13,16H,4-5,8H2,1-3H3,(H,17,19). The third-order valence-electron chi connectivity index (χ3n) is 4.29. The number of anilines is 1. The Hall–Kier alpha value is -2.11. The second kappa shape index (κ2) is 5.71. The molecular formula is C15H21N3O3. The van der Waals surface area contributed by atoms with Crippen LogP contribution in [-0.4, -0.2) is 23.9 Å². The van der Waals surface area contributed by atoms with Gasteiger partial charge in [0, 0.05) is 30.9 Å². The van der Waals surface area contributed by atoms with Gasteiger partial charge in [-0.15, -0.1) is 0 Å². The van der Waals surface area contributed by atoms with E-state index in [0.29, 0.717) is 11.3 Å². The number of amides is 1. The highest BCUT2D eigenvalue weighted by Gasteiger charge is 2.35. The predicted molar refractivity (Wildman–Crippen MR) is 81.5 cm³/mol. The second-order valence-corrected chi connectivity index (χ2v) is 6.14. The van der Waals surface area contributed by atoms with Gasteiger partial charge in [-0.1, -0.05) is 20.3 Å². The molecule has 6 nitrogen and oxygen atoms in total. The molecular weight excluding hydrogens is 270 g/mol. The molecule has 0 spiro atoms. The van der Waals surface area contributed by atoms with E-state index < -0.39 is 4.92 Å². The van der Waals surface area contributed by atoms with Crippen molar-refractivity contribution in [1.82, 2.24) is 5.32 Å². The SMILES string of the molecule is CNc1ccc([N+](=O)[O-])cc1C(=O)NC1CCCC1(C)C. The molecule has 0 aliphatic heterocycles. The van der Waals surface area contributed by atoms with Crippen molar-refractivity contribution in [1.29, 1.82) is 0 Å². The lowest BCUT2D eigenvalue weighted by Gasteiger charge is -2.28. The van der Waals surface area contributed by atoms with Crippen LogP contribution in [0, 0.1) is 15.5 Å². The topological polar surface area (TPSA) is 84.3 Å². The van der Waals surface area contributed by atoms with Gasteiger partial charge < -0.3 is 10.6 Å². The Kier molecular flexibility index (Phi) is 4.16. The highest BCUT2D eigenvalue weighted by Crippen LogP contribution is 2.37. The van der Waals surface area contributed by atoms with Crippen LogP contribution in [0.5, 0.6) is 0 Å². The molecule has 0 heterocycles. The van der Waals surface area contributed by atoms with Crippen LogP contribution in [0.25, 0.3) is 0 Å². The average Bonchev–Trinajstić information content (AvgIpc) is 2.77. The summed E-state index contributed by atoms with van der Waals surface area (Å²) in [5.74, 6) is -0.261. The summed E-state index contributed by atoms with van der Waals surface area (Å²) in [6, 6.07) is 4.38. The minimum atomic E-state index is -0.490. The normalized spacial score (nSPS) is 20.0. The van der Waals surface area contributed by atoms with Crippen molar-refractivity contribution in [2.24, 2.45) is 5.41 Å². The van der Waals surface area contributed by atoms with Gasteiger partial charge in [0.15, 0.2) is 0 Å². The molecule has 1 aliphatic carbocycles. The van der Waals surface area contributed by atoms with E-state index in [9.17, 15) is 14.9 Å². The number of nitrogens with one attached hydrogen (secondary N) is 2. The monoisotopic (exact) mass is 291 g/mol. The van der Waals surface area contributed by atoms with Gasteiger partial charge in [-0.3, -0.25) is 14.9 Å². The lowest BCUT2D eigenvalue weighted by molar-refractivity contribution is -0.384. The van der Waals surface area contributed by atoms with E-state index >= 15 is 0 Å². The molecule has 1 aliphatic rings. The summed E-state index contributed by atoms with van der Waals surface area (Å²) >= 11 is 0. The van der Waals surface area contributed by atoms with Crippen LogP contribution in [0.15, 0.2) is 18.2 Å². The van der Waals surface area contributed by atoms with Crippen molar-refractivity contribution < 1.29 is 9.72 Å². The summed E-state index contributed by atoms with van der Waals surface area (Å²) < 4.78 is 0. The zero-order valence-electron chi connectivity index (χ0n) is 12.6. The van der Waals surface area contributed by atoms with E-state index in [0.717, 1.165) is 19.3 Å². The average molecular weight is 291 g/mol. The number of nitro groups is 1. The third kappa shape index (κ3) is 3.15. The van der Waals surface area contributed by atoms with E-state index in [1.165, 1.54) is 12.1 Å². The summed E-state index contributed by atoms with van der Waals surface area (Å²) in [5, 5.41) is 16.8. The third-order valence-corrected chi connectivity index (χ3v) is 4.29. The number of rotatable bonds is 4. The number of hydrogen-bond acceptors (Lipinski definition) is 4. The van der Waals surface area contributed by atoms with E-state index in [4.69, 9.17) is 0 Å². The lowest BCUT2D eigenvalue weighted by atomic mass is 9.87. The van der Waals surface area contributed by atoms with E-state index in [1.54, 1.807) is 13.1 Å². The van der Waals surface area contributed by atoms with Crippen molar-refractivity contribution >= 4 is 17.3 Å². The maximum Gasteiger partial charge on any atom is 0.270 e. The Labute approximate surface area is 124 Å². The predicted octanol–water partition coefficient (Wildman–Crippen LogP) is 2.95. The van der Waals surface area contributed by atoms with Crippen molar-refractivity contribution in [3.63, 3.8) is 0 Å². The molecule has 1 aromatic carbocycles. The number of carbonyl (C=O) groups excluding carboxylic acids is 1. The van der Waals surface area contributed by atoms with Crippen molar-refractivity contribution in [2.75, 3.05) is 12.4 Å². The van der Waals surface area contributed by atoms with Gasteiger partial charge in [0.1, 0.15) is 0 Å². The van der Waals surface area contributed by atoms with Crippen LogP contribution in [0.1, 0.15) is 43.5 Å². The van der Waals surface area contributed by atoms with Crippen molar-refractivity contribution in [2.45, 2.75) is 39.2 Å². The van der Waals surface area contributed by atoms with Crippen LogP contribution in [0.2, 0.25) is 0 Å². The maximum absolute atomic E-state index is 12.5. The first-order chi connectivity index (χ1) is 9.85. The van der Waals surface area contributed by atoms with Crippen LogP contribution in [0.3, 0.4) is 0 Å². The molecule has 1 amide bonds. The van der Waals surface area contributed by atoms with E-state index in [1.807, 2.05) is 0 Å². The minimum Gasteiger partial charge on any atom is -0.387 e. The Morgan fingerprint density at radius 2 is 2.14 bits per heavy atom. The molecule has 0 aromatic heterocycles. The zero-order chi connectivity index (χ0) is 15.6. The second-order valence-electron chi connectivity index (χ2n) is 6.14. The fraction of sp³-hybridized carbons (Fsp3) is 0.533. The fourth-order valence-corrected chi connectivity index (χ4v) is 2.88. The van der Waals surface area contributed by atoms with Gasteiger partial charge in [-0.05, 0) is 24.3 Å². The van der Waals surface area contributed by atoms with Gasteiger partial charge in [0.2, 0.25) is 0 Å².